The minimum Gasteiger partial charge on any atom is -0.370 e. The van der Waals surface area contributed by atoms with E-state index < -0.39 is 0 Å². The monoisotopic (exact) mass is 275 g/mol. The first-order valence-electron chi connectivity index (χ1n) is 6.04. The molecule has 0 unspecified atom stereocenters. The van der Waals surface area contributed by atoms with Gasteiger partial charge in [0.25, 0.3) is 0 Å². The summed E-state index contributed by atoms with van der Waals surface area (Å²) < 4.78 is 0. The van der Waals surface area contributed by atoms with Crippen LogP contribution in [-0.2, 0) is 6.42 Å². The van der Waals surface area contributed by atoms with Gasteiger partial charge in [-0.3, -0.25) is 10.3 Å². The van der Waals surface area contributed by atoms with Gasteiger partial charge in [0.2, 0.25) is 5.95 Å². The summed E-state index contributed by atoms with van der Waals surface area (Å²) in [6, 6.07) is 4.01. The standard InChI is InChI=1S/C13H17N5S/c1-9-7-10(2)17-13(16-9)18-12(14)15-5-3-11-4-6-19-8-11/h4,6-8H,3,5H2,1-2H3,(H3,14,15,16,17,18). The van der Waals surface area contributed by atoms with Crippen LogP contribution in [0.1, 0.15) is 17.0 Å². The predicted octanol–water partition coefficient (Wildman–Crippen LogP) is 2.12. The average molecular weight is 275 g/mol. The van der Waals surface area contributed by atoms with Crippen molar-refractivity contribution in [1.29, 1.82) is 0 Å². The van der Waals surface area contributed by atoms with Gasteiger partial charge >= 0.3 is 0 Å². The second kappa shape index (κ2) is 6.29. The lowest BCUT2D eigenvalue weighted by molar-refractivity contribution is 0.967. The molecular weight excluding hydrogens is 258 g/mol. The van der Waals surface area contributed by atoms with E-state index in [9.17, 15) is 0 Å². The maximum Gasteiger partial charge on any atom is 0.229 e. The van der Waals surface area contributed by atoms with E-state index in [-0.39, 0.29) is 0 Å². The van der Waals surface area contributed by atoms with Crippen molar-refractivity contribution in [3.63, 3.8) is 0 Å². The molecular formula is C13H17N5S. The third kappa shape index (κ3) is 4.33. The van der Waals surface area contributed by atoms with Crippen LogP contribution in [0.3, 0.4) is 0 Å². The average Bonchev–Trinajstić information content (AvgIpc) is 2.80. The molecule has 2 aromatic rings. The number of hydrogen-bond donors (Lipinski definition) is 2. The van der Waals surface area contributed by atoms with Crippen molar-refractivity contribution in [2.75, 3.05) is 11.9 Å². The first kappa shape index (κ1) is 13.5. The van der Waals surface area contributed by atoms with Crippen LogP contribution < -0.4 is 11.1 Å². The topological polar surface area (TPSA) is 76.2 Å². The Kier molecular flexibility index (Phi) is 4.46. The lowest BCUT2D eigenvalue weighted by Gasteiger charge is -2.05. The number of thiophene rings is 1. The number of rotatable bonds is 4. The van der Waals surface area contributed by atoms with Crippen LogP contribution in [0.25, 0.3) is 0 Å². The maximum absolute atomic E-state index is 5.81. The summed E-state index contributed by atoms with van der Waals surface area (Å²) in [5.41, 5.74) is 8.90. The Labute approximate surface area is 116 Å². The molecule has 0 bridgehead atoms. The molecule has 0 saturated heterocycles. The Morgan fingerprint density at radius 1 is 1.37 bits per heavy atom. The van der Waals surface area contributed by atoms with Gasteiger partial charge in [-0.1, -0.05) is 0 Å². The molecule has 0 atom stereocenters. The number of nitrogens with zero attached hydrogens (tertiary/aromatic N) is 3. The zero-order valence-electron chi connectivity index (χ0n) is 11.1. The summed E-state index contributed by atoms with van der Waals surface area (Å²) in [5, 5.41) is 7.09. The van der Waals surface area contributed by atoms with Gasteiger partial charge in [-0.25, -0.2) is 9.97 Å². The summed E-state index contributed by atoms with van der Waals surface area (Å²) in [7, 11) is 0. The number of nitrogens with two attached hydrogens (primary N) is 1. The number of aromatic nitrogens is 2. The molecule has 0 aliphatic carbocycles. The van der Waals surface area contributed by atoms with Crippen molar-refractivity contribution in [2.24, 2.45) is 10.7 Å². The van der Waals surface area contributed by atoms with Crippen LogP contribution in [0.2, 0.25) is 0 Å². The van der Waals surface area contributed by atoms with E-state index in [1.165, 1.54) is 5.56 Å². The maximum atomic E-state index is 5.81. The van der Waals surface area contributed by atoms with Crippen LogP contribution in [0.15, 0.2) is 27.9 Å². The number of anilines is 1. The van der Waals surface area contributed by atoms with E-state index in [2.05, 4.69) is 37.1 Å². The van der Waals surface area contributed by atoms with Crippen molar-refractivity contribution in [1.82, 2.24) is 9.97 Å². The summed E-state index contributed by atoms with van der Waals surface area (Å²) in [6.45, 7) is 4.49. The predicted molar refractivity (Wildman–Crippen MR) is 79.6 cm³/mol. The van der Waals surface area contributed by atoms with E-state index in [1.807, 2.05) is 19.9 Å². The van der Waals surface area contributed by atoms with Gasteiger partial charge in [0.15, 0.2) is 5.96 Å². The molecule has 0 aliphatic heterocycles. The minimum atomic E-state index is 0.347. The van der Waals surface area contributed by atoms with Crippen LogP contribution in [0, 0.1) is 13.8 Å². The molecule has 2 rings (SSSR count). The van der Waals surface area contributed by atoms with Crippen molar-refractivity contribution < 1.29 is 0 Å². The van der Waals surface area contributed by atoms with Crippen molar-refractivity contribution in [3.8, 4) is 0 Å². The number of aryl methyl sites for hydroxylation is 2. The zero-order valence-corrected chi connectivity index (χ0v) is 11.9. The van der Waals surface area contributed by atoms with Gasteiger partial charge < -0.3 is 5.73 Å². The van der Waals surface area contributed by atoms with E-state index in [0.717, 1.165) is 17.8 Å². The first-order valence-corrected chi connectivity index (χ1v) is 6.98. The minimum absolute atomic E-state index is 0.347. The molecule has 3 N–H and O–H groups in total. The number of hydrogen-bond acceptors (Lipinski definition) is 4. The Morgan fingerprint density at radius 2 is 2.11 bits per heavy atom. The molecule has 0 fully saturated rings. The van der Waals surface area contributed by atoms with Crippen molar-refractivity contribution in [2.45, 2.75) is 20.3 Å². The number of aliphatic imine (C=N–C) groups is 1. The molecule has 0 spiro atoms. The molecule has 2 heterocycles. The van der Waals surface area contributed by atoms with Crippen molar-refractivity contribution >= 4 is 23.2 Å². The molecule has 0 amide bonds. The third-order valence-electron chi connectivity index (χ3n) is 2.48. The van der Waals surface area contributed by atoms with Gasteiger partial charge in [-0.15, -0.1) is 0 Å². The van der Waals surface area contributed by atoms with Gasteiger partial charge in [-0.2, -0.15) is 11.3 Å². The van der Waals surface area contributed by atoms with Crippen LogP contribution in [0.5, 0.6) is 0 Å². The highest BCUT2D eigenvalue weighted by atomic mass is 32.1. The summed E-state index contributed by atoms with van der Waals surface area (Å²) in [6.07, 6.45) is 0.888. The van der Waals surface area contributed by atoms with Crippen LogP contribution in [-0.4, -0.2) is 22.5 Å². The molecule has 6 heteroatoms. The largest absolute Gasteiger partial charge is 0.370 e. The fourth-order valence-corrected chi connectivity index (χ4v) is 2.38. The SMILES string of the molecule is Cc1cc(C)nc(NC(N)=NCCc2ccsc2)n1. The lowest BCUT2D eigenvalue weighted by Crippen LogP contribution is -2.24. The molecule has 0 aliphatic rings. The molecule has 19 heavy (non-hydrogen) atoms. The van der Waals surface area contributed by atoms with Crippen LogP contribution >= 0.6 is 11.3 Å². The molecule has 5 nitrogen and oxygen atoms in total. The van der Waals surface area contributed by atoms with E-state index in [4.69, 9.17) is 5.73 Å². The first-order chi connectivity index (χ1) is 9.13. The van der Waals surface area contributed by atoms with E-state index in [0.29, 0.717) is 18.5 Å². The molecule has 0 aromatic carbocycles. The lowest BCUT2D eigenvalue weighted by atomic mass is 10.2. The molecule has 0 radical (unpaired) electrons. The molecule has 100 valence electrons. The second-order valence-electron chi connectivity index (χ2n) is 4.25. The normalized spacial score (nSPS) is 11.6. The highest BCUT2D eigenvalue weighted by Crippen LogP contribution is 2.06. The van der Waals surface area contributed by atoms with E-state index >= 15 is 0 Å². The highest BCUT2D eigenvalue weighted by Gasteiger charge is 2.00. The van der Waals surface area contributed by atoms with Crippen molar-refractivity contribution in [3.05, 3.63) is 39.8 Å². The number of guanidine groups is 1. The number of nitrogens with one attached hydrogen (secondary N) is 1. The highest BCUT2D eigenvalue weighted by molar-refractivity contribution is 7.07. The van der Waals surface area contributed by atoms with Gasteiger partial charge in [0, 0.05) is 17.9 Å². The second-order valence-corrected chi connectivity index (χ2v) is 5.03. The van der Waals surface area contributed by atoms with Crippen LogP contribution in [0.4, 0.5) is 5.95 Å². The fraction of sp³-hybridized carbons (Fsp3) is 0.308. The zero-order chi connectivity index (χ0) is 13.7. The Bertz CT molecular complexity index is 542. The molecule has 0 saturated carbocycles. The van der Waals surface area contributed by atoms with Gasteiger partial charge in [0.05, 0.1) is 0 Å². The summed E-state index contributed by atoms with van der Waals surface area (Å²) in [5.74, 6) is 0.842. The van der Waals surface area contributed by atoms with E-state index in [1.54, 1.807) is 11.3 Å². The van der Waals surface area contributed by atoms with Gasteiger partial charge in [0.1, 0.15) is 0 Å². The summed E-state index contributed by atoms with van der Waals surface area (Å²) >= 11 is 1.69. The quantitative estimate of drug-likeness (QED) is 0.662. The smallest absolute Gasteiger partial charge is 0.229 e. The molecule has 2 aromatic heterocycles. The Hall–Kier alpha value is -1.95. The Balaban J connectivity index is 1.90. The summed E-state index contributed by atoms with van der Waals surface area (Å²) in [4.78, 5) is 12.8. The Morgan fingerprint density at radius 3 is 2.74 bits per heavy atom. The third-order valence-corrected chi connectivity index (χ3v) is 3.22. The van der Waals surface area contributed by atoms with Gasteiger partial charge in [-0.05, 0) is 48.7 Å². The fourth-order valence-electron chi connectivity index (χ4n) is 1.68.